The lowest BCUT2D eigenvalue weighted by atomic mass is 10.1. The Bertz CT molecular complexity index is 1310. The highest BCUT2D eigenvalue weighted by Gasteiger charge is 2.12. The Hall–Kier alpha value is -3.39. The van der Waals surface area contributed by atoms with Crippen LogP contribution in [0.3, 0.4) is 0 Å². The van der Waals surface area contributed by atoms with Gasteiger partial charge in [0.2, 0.25) is 0 Å². The average Bonchev–Trinajstić information content (AvgIpc) is 3.34. The molecule has 5 rings (SSSR count). The van der Waals surface area contributed by atoms with E-state index in [4.69, 9.17) is 4.74 Å². The van der Waals surface area contributed by atoms with E-state index >= 15 is 0 Å². The number of hydrogen-bond donors (Lipinski definition) is 0. The number of hydrogen-bond acceptors (Lipinski definition) is 5. The molecule has 0 unspecified atom stereocenters. The molecule has 5 aromatic rings. The van der Waals surface area contributed by atoms with Gasteiger partial charge >= 0.3 is 0 Å². The predicted octanol–water partition coefficient (Wildman–Crippen LogP) is 4.86. The highest BCUT2D eigenvalue weighted by Crippen LogP contribution is 2.25. The van der Waals surface area contributed by atoms with Gasteiger partial charge in [-0.1, -0.05) is 18.2 Å². The fourth-order valence-corrected chi connectivity index (χ4v) is 3.67. The van der Waals surface area contributed by atoms with E-state index in [-0.39, 0.29) is 12.4 Å². The van der Waals surface area contributed by atoms with Crippen LogP contribution in [0.25, 0.3) is 27.3 Å². The number of fused-ring (bicyclic) bond motifs is 3. The zero-order chi connectivity index (χ0) is 19.1. The molecular weight excluding hydrogens is 382 g/mol. The zero-order valence-electron chi connectivity index (χ0n) is 14.3. The molecule has 3 aromatic heterocycles. The number of benzene rings is 2. The van der Waals surface area contributed by atoms with E-state index in [0.29, 0.717) is 5.82 Å². The first-order valence-electron chi connectivity index (χ1n) is 8.43. The van der Waals surface area contributed by atoms with Crippen LogP contribution < -0.4 is 4.74 Å². The first-order valence-corrected chi connectivity index (χ1v) is 9.31. The minimum Gasteiger partial charge on any atom is -0.486 e. The summed E-state index contributed by atoms with van der Waals surface area (Å²) in [6.07, 6.45) is 1.65. The van der Waals surface area contributed by atoms with Gasteiger partial charge in [0.05, 0.1) is 5.39 Å². The Labute approximate surface area is 161 Å². The summed E-state index contributed by atoms with van der Waals surface area (Å²) in [6.45, 7) is 0.139. The second-order valence-electron chi connectivity index (χ2n) is 6.15. The molecule has 8 heteroatoms. The predicted molar refractivity (Wildman–Crippen MR) is 102 cm³/mol. The lowest BCUT2D eigenvalue weighted by Gasteiger charge is -2.08. The fraction of sp³-hybridized carbons (Fsp3) is 0.0500. The standard InChI is InChI=1S/C20H12F2N4OS/c21-14-4-5-17(16(22)9-14)27-10-12-2-1-3-13(8-12)18-24-19-15-6-7-28-20(15)23-11-26(19)25-18/h1-9,11H,10H2. The maximum absolute atomic E-state index is 13.7. The average molecular weight is 394 g/mol. The molecule has 0 spiro atoms. The minimum atomic E-state index is -0.731. The molecule has 0 aliphatic heterocycles. The van der Waals surface area contributed by atoms with Crippen LogP contribution in [0.1, 0.15) is 5.56 Å². The normalized spacial score (nSPS) is 11.4. The van der Waals surface area contributed by atoms with Crippen molar-refractivity contribution in [3.8, 4) is 17.1 Å². The van der Waals surface area contributed by atoms with Gasteiger partial charge in [-0.25, -0.2) is 23.3 Å². The van der Waals surface area contributed by atoms with Gasteiger partial charge in [0.15, 0.2) is 23.0 Å². The maximum atomic E-state index is 13.7. The van der Waals surface area contributed by atoms with Crippen molar-refractivity contribution in [1.82, 2.24) is 19.6 Å². The Morgan fingerprint density at radius 3 is 2.89 bits per heavy atom. The summed E-state index contributed by atoms with van der Waals surface area (Å²) in [7, 11) is 0. The number of halogens is 2. The third-order valence-electron chi connectivity index (χ3n) is 4.27. The van der Waals surface area contributed by atoms with Crippen LogP contribution in [0.5, 0.6) is 5.75 Å². The largest absolute Gasteiger partial charge is 0.486 e. The molecule has 0 saturated heterocycles. The fourth-order valence-electron chi connectivity index (χ4n) is 2.94. The molecule has 5 nitrogen and oxygen atoms in total. The van der Waals surface area contributed by atoms with Crippen LogP contribution in [0.2, 0.25) is 0 Å². The van der Waals surface area contributed by atoms with Gasteiger partial charge in [0.1, 0.15) is 23.6 Å². The first-order chi connectivity index (χ1) is 13.7. The van der Waals surface area contributed by atoms with E-state index in [0.717, 1.165) is 39.1 Å². The summed E-state index contributed by atoms with van der Waals surface area (Å²) >= 11 is 1.55. The van der Waals surface area contributed by atoms with Gasteiger partial charge in [-0.2, -0.15) is 0 Å². The number of aromatic nitrogens is 4. The molecule has 0 aliphatic rings. The first kappa shape index (κ1) is 16.8. The minimum absolute atomic E-state index is 0.00332. The molecule has 28 heavy (non-hydrogen) atoms. The second-order valence-corrected chi connectivity index (χ2v) is 7.05. The highest BCUT2D eigenvalue weighted by molar-refractivity contribution is 7.16. The lowest BCUT2D eigenvalue weighted by molar-refractivity contribution is 0.289. The number of ether oxygens (including phenoxy) is 1. The summed E-state index contributed by atoms with van der Waals surface area (Å²) in [5, 5.41) is 7.43. The maximum Gasteiger partial charge on any atom is 0.182 e. The van der Waals surface area contributed by atoms with Crippen molar-refractivity contribution in [1.29, 1.82) is 0 Å². The van der Waals surface area contributed by atoms with Crippen LogP contribution >= 0.6 is 11.3 Å². The van der Waals surface area contributed by atoms with Crippen molar-refractivity contribution in [3.63, 3.8) is 0 Å². The monoisotopic (exact) mass is 394 g/mol. The van der Waals surface area contributed by atoms with E-state index in [1.807, 2.05) is 35.7 Å². The van der Waals surface area contributed by atoms with Crippen LogP contribution in [0.15, 0.2) is 60.2 Å². The molecule has 0 bridgehead atoms. The SMILES string of the molecule is Fc1ccc(OCc2cccc(-c3nc4c5ccsc5ncn4n3)c2)c(F)c1. The van der Waals surface area contributed by atoms with Gasteiger partial charge in [-0.15, -0.1) is 16.4 Å². The molecule has 0 N–H and O–H groups in total. The van der Waals surface area contributed by atoms with E-state index in [9.17, 15) is 8.78 Å². The molecule has 3 heterocycles. The van der Waals surface area contributed by atoms with Crippen molar-refractivity contribution < 1.29 is 13.5 Å². The van der Waals surface area contributed by atoms with Crippen molar-refractivity contribution in [2.24, 2.45) is 0 Å². The lowest BCUT2D eigenvalue weighted by Crippen LogP contribution is -1.98. The molecule has 0 radical (unpaired) electrons. The Morgan fingerprint density at radius 2 is 2.00 bits per heavy atom. The molecule has 0 amide bonds. The third kappa shape index (κ3) is 2.97. The summed E-state index contributed by atoms with van der Waals surface area (Å²) in [4.78, 5) is 9.92. The van der Waals surface area contributed by atoms with Crippen molar-refractivity contribution in [2.45, 2.75) is 6.61 Å². The highest BCUT2D eigenvalue weighted by atomic mass is 32.1. The van der Waals surface area contributed by atoms with Gasteiger partial charge < -0.3 is 4.74 Å². The summed E-state index contributed by atoms with van der Waals surface area (Å²) < 4.78 is 33.9. The number of thiophene rings is 1. The van der Waals surface area contributed by atoms with Crippen LogP contribution in [0, 0.1) is 11.6 Å². The zero-order valence-corrected chi connectivity index (χ0v) is 15.2. The molecule has 0 aliphatic carbocycles. The molecular formula is C20H12F2N4OS. The van der Waals surface area contributed by atoms with Gasteiger partial charge in [0, 0.05) is 11.6 Å². The quantitative estimate of drug-likeness (QED) is 0.437. The third-order valence-corrected chi connectivity index (χ3v) is 5.10. The van der Waals surface area contributed by atoms with Crippen LogP contribution in [-0.2, 0) is 6.61 Å². The van der Waals surface area contributed by atoms with Crippen LogP contribution in [0.4, 0.5) is 8.78 Å². The molecule has 0 saturated carbocycles. The van der Waals surface area contributed by atoms with Gasteiger partial charge in [0.25, 0.3) is 0 Å². The van der Waals surface area contributed by atoms with Crippen molar-refractivity contribution >= 4 is 27.2 Å². The summed E-state index contributed by atoms with van der Waals surface area (Å²) in [6, 6.07) is 12.7. The topological polar surface area (TPSA) is 52.3 Å². The second kappa shape index (κ2) is 6.65. The molecule has 138 valence electrons. The molecule has 0 fully saturated rings. The van der Waals surface area contributed by atoms with Crippen LogP contribution in [-0.4, -0.2) is 19.6 Å². The van der Waals surface area contributed by atoms with E-state index in [1.165, 1.54) is 6.07 Å². The Kier molecular flexibility index (Phi) is 3.98. The van der Waals surface area contributed by atoms with Crippen molar-refractivity contribution in [2.75, 3.05) is 0 Å². The number of nitrogens with zero attached hydrogens (tertiary/aromatic N) is 4. The number of rotatable bonds is 4. The van der Waals surface area contributed by atoms with E-state index in [2.05, 4.69) is 15.1 Å². The van der Waals surface area contributed by atoms with Gasteiger partial charge in [-0.05, 0) is 35.2 Å². The van der Waals surface area contributed by atoms with Crippen molar-refractivity contribution in [3.05, 3.63) is 77.4 Å². The Morgan fingerprint density at radius 1 is 1.07 bits per heavy atom. The van der Waals surface area contributed by atoms with Gasteiger partial charge in [-0.3, -0.25) is 0 Å². The Balaban J connectivity index is 1.44. The van der Waals surface area contributed by atoms with E-state index < -0.39 is 11.6 Å². The summed E-state index contributed by atoms with van der Waals surface area (Å²) in [5.74, 6) is -0.802. The summed E-state index contributed by atoms with van der Waals surface area (Å²) in [5.41, 5.74) is 2.38. The molecule has 2 aromatic carbocycles. The molecule has 0 atom stereocenters. The smallest absolute Gasteiger partial charge is 0.182 e. The van der Waals surface area contributed by atoms with E-state index in [1.54, 1.807) is 22.2 Å².